The molecule has 0 amide bonds. The Labute approximate surface area is 212 Å². The first-order valence-corrected chi connectivity index (χ1v) is 14.1. The summed E-state index contributed by atoms with van der Waals surface area (Å²) in [6.07, 6.45) is 6.75. The second-order valence-electron chi connectivity index (χ2n) is 9.19. The van der Waals surface area contributed by atoms with Gasteiger partial charge in [0.05, 0.1) is 17.7 Å². The van der Waals surface area contributed by atoms with E-state index in [0.717, 1.165) is 28.5 Å². The van der Waals surface area contributed by atoms with Gasteiger partial charge in [0.25, 0.3) is 0 Å². The number of benzene rings is 2. The van der Waals surface area contributed by atoms with Gasteiger partial charge >= 0.3 is 5.97 Å². The van der Waals surface area contributed by atoms with Gasteiger partial charge in [0.15, 0.2) is 5.60 Å². The molecule has 0 saturated carbocycles. The topological polar surface area (TPSA) is 59.0 Å². The summed E-state index contributed by atoms with van der Waals surface area (Å²) in [6.45, 7) is 6.78. The van der Waals surface area contributed by atoms with Gasteiger partial charge < -0.3 is 19.5 Å². The lowest BCUT2D eigenvalue weighted by Gasteiger charge is -2.37. The Morgan fingerprint density at radius 3 is 2.62 bits per heavy atom. The van der Waals surface area contributed by atoms with Crippen molar-refractivity contribution >= 4 is 40.9 Å². The minimum atomic E-state index is -1.71. The van der Waals surface area contributed by atoms with Crippen molar-refractivity contribution < 1.29 is 19.4 Å². The number of carbonyl (C=O) groups excluding carboxylic acids is 1. The first-order valence-electron chi connectivity index (χ1n) is 11.9. The third kappa shape index (κ3) is 6.04. The summed E-state index contributed by atoms with van der Waals surface area (Å²) >= 11 is 3.48. The van der Waals surface area contributed by atoms with Crippen LogP contribution >= 0.6 is 23.5 Å². The average molecular weight is 504 g/mol. The Hall–Kier alpha value is -1.83. The number of para-hydroxylation sites is 1. The minimum absolute atomic E-state index is 0.172. The van der Waals surface area contributed by atoms with Gasteiger partial charge in [0.1, 0.15) is 12.4 Å². The first kappa shape index (κ1) is 26.8. The molecule has 1 heterocycles. The molecule has 34 heavy (non-hydrogen) atoms. The molecule has 3 rings (SSSR count). The van der Waals surface area contributed by atoms with Crippen molar-refractivity contribution in [3.8, 4) is 5.75 Å². The van der Waals surface area contributed by atoms with Crippen LogP contribution in [0, 0.1) is 5.41 Å². The lowest BCUT2D eigenvalue weighted by atomic mass is 9.81. The molecule has 0 fully saturated rings. The lowest BCUT2D eigenvalue weighted by Crippen LogP contribution is -2.42. The van der Waals surface area contributed by atoms with Gasteiger partial charge in [-0.3, -0.25) is 0 Å². The van der Waals surface area contributed by atoms with E-state index >= 15 is 0 Å². The third-order valence-electron chi connectivity index (χ3n) is 6.58. The molecule has 0 bridgehead atoms. The summed E-state index contributed by atoms with van der Waals surface area (Å²) in [7, 11) is 1.26. The molecule has 0 radical (unpaired) electrons. The number of anilines is 2. The molecule has 1 aliphatic heterocycles. The summed E-state index contributed by atoms with van der Waals surface area (Å²) in [5.41, 5.74) is 0.872. The first-order chi connectivity index (χ1) is 16.3. The Kier molecular flexibility index (Phi) is 9.24. The SMILES string of the molecule is CCCCC1(CC)CSc2cc(OC[C@](C)(O)C(=O)OC)c(SC)cc2N(c2ccccc2)C1. The van der Waals surface area contributed by atoms with E-state index in [4.69, 9.17) is 9.47 Å². The largest absolute Gasteiger partial charge is 0.489 e. The van der Waals surface area contributed by atoms with Crippen LogP contribution in [0.3, 0.4) is 0 Å². The van der Waals surface area contributed by atoms with E-state index in [2.05, 4.69) is 61.2 Å². The van der Waals surface area contributed by atoms with Gasteiger partial charge in [-0.1, -0.05) is 44.9 Å². The highest BCUT2D eigenvalue weighted by Gasteiger charge is 2.36. The van der Waals surface area contributed by atoms with Crippen LogP contribution in [-0.2, 0) is 9.53 Å². The molecule has 2 atom stereocenters. The van der Waals surface area contributed by atoms with Gasteiger partial charge in [-0.2, -0.15) is 0 Å². The predicted octanol–water partition coefficient (Wildman–Crippen LogP) is 6.54. The smallest absolute Gasteiger partial charge is 0.341 e. The minimum Gasteiger partial charge on any atom is -0.489 e. The molecule has 0 aromatic heterocycles. The zero-order valence-corrected chi connectivity index (χ0v) is 22.6. The van der Waals surface area contributed by atoms with Gasteiger partial charge in [-0.25, -0.2) is 4.79 Å². The number of nitrogens with zero attached hydrogens (tertiary/aromatic N) is 1. The van der Waals surface area contributed by atoms with E-state index in [1.807, 2.05) is 18.0 Å². The molecule has 5 nitrogen and oxygen atoms in total. The number of unbranched alkanes of at least 4 members (excludes halogenated alkanes) is 1. The van der Waals surface area contributed by atoms with E-state index in [1.54, 1.807) is 11.8 Å². The third-order valence-corrected chi connectivity index (χ3v) is 8.73. The highest BCUT2D eigenvalue weighted by Crippen LogP contribution is 2.49. The Bertz CT molecular complexity index is 967. The molecule has 2 aromatic carbocycles. The maximum absolute atomic E-state index is 11.9. The maximum Gasteiger partial charge on any atom is 0.341 e. The molecular weight excluding hydrogens is 466 g/mol. The molecule has 0 saturated heterocycles. The van der Waals surface area contributed by atoms with Crippen molar-refractivity contribution in [2.75, 3.05) is 37.2 Å². The van der Waals surface area contributed by atoms with Crippen molar-refractivity contribution in [2.45, 2.75) is 61.8 Å². The molecule has 1 aliphatic rings. The van der Waals surface area contributed by atoms with E-state index in [-0.39, 0.29) is 12.0 Å². The fourth-order valence-electron chi connectivity index (χ4n) is 4.26. The fraction of sp³-hybridized carbons (Fsp3) is 0.519. The quantitative estimate of drug-likeness (QED) is 0.292. The van der Waals surface area contributed by atoms with E-state index in [0.29, 0.717) is 5.75 Å². The van der Waals surface area contributed by atoms with Gasteiger partial charge in [-0.05, 0) is 55.7 Å². The molecule has 2 aromatic rings. The molecule has 0 spiro atoms. The highest BCUT2D eigenvalue weighted by molar-refractivity contribution is 7.99. The highest BCUT2D eigenvalue weighted by atomic mass is 32.2. The van der Waals surface area contributed by atoms with E-state index in [1.165, 1.54) is 44.7 Å². The molecule has 1 unspecified atom stereocenters. The molecule has 7 heteroatoms. The van der Waals surface area contributed by atoms with E-state index < -0.39 is 11.6 Å². The molecule has 1 N–H and O–H groups in total. The van der Waals surface area contributed by atoms with Crippen molar-refractivity contribution in [2.24, 2.45) is 5.41 Å². The maximum atomic E-state index is 11.9. The molecular formula is C27H37NO4S2. The Morgan fingerprint density at radius 2 is 2.00 bits per heavy atom. The number of aliphatic hydroxyl groups is 1. The number of hydrogen-bond donors (Lipinski definition) is 1. The monoisotopic (exact) mass is 503 g/mol. The summed E-state index contributed by atoms with van der Waals surface area (Å²) in [5.74, 6) is 1.01. The van der Waals surface area contributed by atoms with Gasteiger partial charge in [0, 0.05) is 22.9 Å². The summed E-state index contributed by atoms with van der Waals surface area (Å²) in [5, 5.41) is 10.4. The van der Waals surface area contributed by atoms with Crippen molar-refractivity contribution in [3.63, 3.8) is 0 Å². The summed E-state index contributed by atoms with van der Waals surface area (Å²) < 4.78 is 10.7. The van der Waals surface area contributed by atoms with Crippen LogP contribution < -0.4 is 9.64 Å². The van der Waals surface area contributed by atoms with Crippen LogP contribution in [0.5, 0.6) is 5.75 Å². The Balaban J connectivity index is 2.02. The van der Waals surface area contributed by atoms with Crippen LogP contribution in [0.2, 0.25) is 0 Å². The molecule has 186 valence electrons. The number of ether oxygens (including phenoxy) is 2. The number of carbonyl (C=O) groups is 1. The van der Waals surface area contributed by atoms with Crippen LogP contribution in [0.15, 0.2) is 52.3 Å². The standard InChI is InChI=1S/C27H37NO4S2/c1-6-8-14-27(7-2)17-28(20-12-10-9-11-13-20)21-15-24(33-5)22(16-23(21)34-19-27)32-18-26(3,30)25(29)31-4/h9-13,15-16,30H,6-8,14,17-19H2,1-5H3/t26-,27?/m0/s1. The number of esters is 1. The van der Waals surface area contributed by atoms with Gasteiger partial charge in [0.2, 0.25) is 0 Å². The number of methoxy groups -OCH3 is 1. The number of hydrogen-bond acceptors (Lipinski definition) is 7. The van der Waals surface area contributed by atoms with Crippen molar-refractivity contribution in [1.82, 2.24) is 0 Å². The second-order valence-corrected chi connectivity index (χ2v) is 11.1. The normalized spacial score (nSPS) is 19.6. The summed E-state index contributed by atoms with van der Waals surface area (Å²) in [6, 6.07) is 14.9. The second kappa shape index (κ2) is 11.7. The zero-order valence-electron chi connectivity index (χ0n) is 20.9. The van der Waals surface area contributed by atoms with Crippen LogP contribution in [0.1, 0.15) is 46.5 Å². The van der Waals surface area contributed by atoms with Gasteiger partial charge in [-0.15, -0.1) is 23.5 Å². The number of rotatable bonds is 10. The van der Waals surface area contributed by atoms with Crippen LogP contribution in [0.4, 0.5) is 11.4 Å². The fourth-order valence-corrected chi connectivity index (χ4v) is 6.21. The summed E-state index contributed by atoms with van der Waals surface area (Å²) in [4.78, 5) is 16.5. The average Bonchev–Trinajstić information content (AvgIpc) is 3.02. The van der Waals surface area contributed by atoms with Crippen molar-refractivity contribution in [3.05, 3.63) is 42.5 Å². The Morgan fingerprint density at radius 1 is 1.26 bits per heavy atom. The number of fused-ring (bicyclic) bond motifs is 1. The number of thioether (sulfide) groups is 2. The van der Waals surface area contributed by atoms with E-state index in [9.17, 15) is 9.90 Å². The van der Waals surface area contributed by atoms with Crippen molar-refractivity contribution in [1.29, 1.82) is 0 Å². The molecule has 0 aliphatic carbocycles. The predicted molar refractivity (Wildman–Crippen MR) is 143 cm³/mol. The van der Waals surface area contributed by atoms with Crippen LogP contribution in [-0.4, -0.2) is 48.9 Å². The lowest BCUT2D eigenvalue weighted by molar-refractivity contribution is -0.163. The van der Waals surface area contributed by atoms with Crippen LogP contribution in [0.25, 0.3) is 0 Å². The zero-order chi connectivity index (χ0) is 24.8.